The predicted octanol–water partition coefficient (Wildman–Crippen LogP) is 1.25. The van der Waals surface area contributed by atoms with E-state index in [1.54, 1.807) is 39.1 Å². The van der Waals surface area contributed by atoms with Gasteiger partial charge in [0, 0.05) is 18.0 Å². The number of H-pyrrole nitrogens is 1. The van der Waals surface area contributed by atoms with E-state index in [0.717, 1.165) is 0 Å². The van der Waals surface area contributed by atoms with Crippen LogP contribution >= 0.6 is 11.3 Å². The Labute approximate surface area is 241 Å². The average molecular weight is 583 g/mol. The maximum Gasteiger partial charge on any atom is 0.495 e. The van der Waals surface area contributed by atoms with Gasteiger partial charge in [0.1, 0.15) is 28.6 Å². The lowest BCUT2D eigenvalue weighted by atomic mass is 9.51. The molecule has 5 N–H and O–H groups in total. The molecule has 7 fully saturated rings. The summed E-state index contributed by atoms with van der Waals surface area (Å²) in [6, 6.07) is 5.06. The number of aliphatic hydroxyl groups is 4. The summed E-state index contributed by atoms with van der Waals surface area (Å²) in [7, 11) is -1.04. The number of aliphatic hydroxyl groups excluding tert-OH is 1. The number of aromatic nitrogens is 1. The molecular formula is C29H34BNO9S. The van der Waals surface area contributed by atoms with Gasteiger partial charge in [0.25, 0.3) is 0 Å². The standard InChI is InChI=1S/C29H34BNO9S/c1-15(2)26(35)21(37-20(33)18-7-6-11-31-18)28-22(4)14-25(34)23(26,5)29(28,36)27(38-25)19(32)16(3)8-10-24(22,27)39-30(40-28)17-9-12-41-13-17/h6-7,9,11-13,15,19,21,31-32,34-36H,3,8,10,14H2,1-2,4-5H3/t19-,21-,22+,23-,24+,25+,26-,27-,28-,29+/m1/s1. The molecule has 0 aromatic carbocycles. The molecule has 41 heavy (non-hydrogen) atoms. The van der Waals surface area contributed by atoms with Crippen molar-refractivity contribution in [1.29, 1.82) is 0 Å². The highest BCUT2D eigenvalue weighted by molar-refractivity contribution is 7.09. The predicted molar refractivity (Wildman–Crippen MR) is 146 cm³/mol. The zero-order valence-corrected chi connectivity index (χ0v) is 24.2. The number of carbonyl (C=O) groups is 1. The fourth-order valence-electron chi connectivity index (χ4n) is 10.7. The first-order chi connectivity index (χ1) is 19.2. The number of esters is 1. The fourth-order valence-corrected chi connectivity index (χ4v) is 11.4. The minimum absolute atomic E-state index is 0.0955. The van der Waals surface area contributed by atoms with E-state index in [0.29, 0.717) is 23.9 Å². The second kappa shape index (κ2) is 7.19. The molecule has 2 aromatic rings. The lowest BCUT2D eigenvalue weighted by molar-refractivity contribution is -0.387. The summed E-state index contributed by atoms with van der Waals surface area (Å²) in [6.45, 7) is 11.0. The molecule has 0 amide bonds. The molecule has 3 spiro atoms. The molecule has 10 nitrogen and oxygen atoms in total. The van der Waals surface area contributed by atoms with Gasteiger partial charge < -0.3 is 44.2 Å². The maximum atomic E-state index is 13.7. The molecule has 10 atom stereocenters. The van der Waals surface area contributed by atoms with Gasteiger partial charge in [-0.15, -0.1) is 0 Å². The Balaban J connectivity index is 1.49. The minimum atomic E-state index is -2.30. The van der Waals surface area contributed by atoms with Crippen LogP contribution in [0.1, 0.15) is 57.4 Å². The van der Waals surface area contributed by atoms with Crippen molar-refractivity contribution in [3.63, 3.8) is 0 Å². The third-order valence-corrected chi connectivity index (χ3v) is 13.0. The summed E-state index contributed by atoms with van der Waals surface area (Å²) in [5.74, 6) is -3.56. The highest BCUT2D eigenvalue weighted by atomic mass is 32.1. The monoisotopic (exact) mass is 583 g/mol. The summed E-state index contributed by atoms with van der Waals surface area (Å²) in [4.78, 5) is 16.5. The van der Waals surface area contributed by atoms with Gasteiger partial charge in [-0.05, 0) is 59.6 Å². The Bertz CT molecular complexity index is 1500. The van der Waals surface area contributed by atoms with Crippen LogP contribution in [0.3, 0.4) is 0 Å². The highest BCUT2D eigenvalue weighted by Crippen LogP contribution is 2.92. The van der Waals surface area contributed by atoms with Crippen molar-refractivity contribution in [3.8, 4) is 0 Å². The molecule has 3 aliphatic heterocycles. The van der Waals surface area contributed by atoms with Crippen LogP contribution in [-0.2, 0) is 18.8 Å². The van der Waals surface area contributed by atoms with Crippen molar-refractivity contribution in [1.82, 2.24) is 4.98 Å². The van der Waals surface area contributed by atoms with E-state index in [1.807, 2.05) is 23.8 Å². The van der Waals surface area contributed by atoms with E-state index in [1.165, 1.54) is 11.3 Å². The van der Waals surface area contributed by atoms with E-state index in [4.69, 9.17) is 18.8 Å². The van der Waals surface area contributed by atoms with Crippen LogP contribution in [0.4, 0.5) is 0 Å². The van der Waals surface area contributed by atoms with Crippen LogP contribution in [0.5, 0.6) is 0 Å². The number of thiophene rings is 1. The summed E-state index contributed by atoms with van der Waals surface area (Å²) in [5.41, 5.74) is -11.6. The molecule has 3 saturated heterocycles. The topological polar surface area (TPSA) is 151 Å². The van der Waals surface area contributed by atoms with Crippen molar-refractivity contribution >= 4 is 29.9 Å². The third kappa shape index (κ3) is 2.13. The van der Waals surface area contributed by atoms with Crippen LogP contribution in [0.2, 0.25) is 0 Å². The van der Waals surface area contributed by atoms with Crippen LogP contribution in [0.15, 0.2) is 47.3 Å². The summed E-state index contributed by atoms with van der Waals surface area (Å²) in [6.07, 6.45) is -0.798. The van der Waals surface area contributed by atoms with Crippen molar-refractivity contribution < 1.29 is 44.0 Å². The normalized spacial score (nSPS) is 52.4. The lowest BCUT2D eigenvalue weighted by Crippen LogP contribution is -2.79. The van der Waals surface area contributed by atoms with E-state index >= 15 is 0 Å². The number of carbonyl (C=O) groups excluding carboxylic acids is 1. The van der Waals surface area contributed by atoms with Gasteiger partial charge in [-0.1, -0.05) is 33.4 Å². The van der Waals surface area contributed by atoms with Crippen molar-refractivity contribution in [2.45, 2.75) is 93.0 Å². The number of aromatic amines is 1. The number of nitrogens with one attached hydrogen (secondary N) is 1. The van der Waals surface area contributed by atoms with Gasteiger partial charge in [-0.3, -0.25) is 0 Å². The number of hydrogen-bond acceptors (Lipinski definition) is 10. The first kappa shape index (κ1) is 26.6. The smallest absolute Gasteiger partial charge is 0.451 e. The number of hydrogen-bond donors (Lipinski definition) is 5. The lowest BCUT2D eigenvalue weighted by Gasteiger charge is -2.65. The van der Waals surface area contributed by atoms with Gasteiger partial charge in [0.05, 0.1) is 11.0 Å². The molecule has 4 aliphatic carbocycles. The van der Waals surface area contributed by atoms with Crippen LogP contribution in [0, 0.1) is 16.7 Å². The molecule has 7 aliphatic rings. The van der Waals surface area contributed by atoms with Crippen LogP contribution < -0.4 is 5.46 Å². The minimum Gasteiger partial charge on any atom is -0.451 e. The van der Waals surface area contributed by atoms with Crippen molar-refractivity contribution in [2.24, 2.45) is 16.7 Å². The second-order valence-electron chi connectivity index (χ2n) is 13.6. The van der Waals surface area contributed by atoms with Crippen molar-refractivity contribution in [3.05, 3.63) is 53.0 Å². The number of ether oxygens (including phenoxy) is 2. The highest BCUT2D eigenvalue weighted by Gasteiger charge is 3.12. The van der Waals surface area contributed by atoms with Gasteiger partial charge in [0.2, 0.25) is 0 Å². The second-order valence-corrected chi connectivity index (χ2v) is 14.3. The molecule has 9 rings (SSSR count). The molecule has 2 aromatic heterocycles. The zero-order chi connectivity index (χ0) is 29.2. The average Bonchev–Trinajstić information content (AvgIpc) is 3.68. The molecular weight excluding hydrogens is 549 g/mol. The van der Waals surface area contributed by atoms with Gasteiger partial charge in [-0.25, -0.2) is 4.79 Å². The Kier molecular flexibility index (Phi) is 4.66. The summed E-state index contributed by atoms with van der Waals surface area (Å²) in [5, 5.41) is 55.0. The number of rotatable bonds is 4. The van der Waals surface area contributed by atoms with Crippen molar-refractivity contribution in [2.75, 3.05) is 0 Å². The third-order valence-electron chi connectivity index (χ3n) is 12.3. The molecule has 4 saturated carbocycles. The maximum absolute atomic E-state index is 13.7. The van der Waals surface area contributed by atoms with Gasteiger partial charge in [0.15, 0.2) is 17.5 Å². The van der Waals surface area contributed by atoms with E-state index in [2.05, 4.69) is 11.6 Å². The fraction of sp³-hybridized carbons (Fsp3) is 0.621. The SMILES string of the molecule is C=C1CC[C@@]23OB(c4ccsc4)O[C@@]45[C@H](OC(=O)c6ccc[nH]6)[C@](O)(C(C)C)[C@]6(C)[C@]4(O)[C@@]2(O[C@@]6(O)C[C@@]35C)[C@@H]1O. The molecule has 7 bridgehead atoms. The Hall–Kier alpha value is -2.03. The largest absolute Gasteiger partial charge is 0.495 e. The van der Waals surface area contributed by atoms with E-state index in [-0.39, 0.29) is 12.1 Å². The first-order valence-corrected chi connectivity index (χ1v) is 15.1. The summed E-state index contributed by atoms with van der Waals surface area (Å²) < 4.78 is 26.8. The van der Waals surface area contributed by atoms with Gasteiger partial charge >= 0.3 is 13.1 Å². The summed E-state index contributed by atoms with van der Waals surface area (Å²) >= 11 is 1.45. The Morgan fingerprint density at radius 3 is 2.61 bits per heavy atom. The quantitative estimate of drug-likeness (QED) is 0.204. The van der Waals surface area contributed by atoms with E-state index < -0.39 is 75.8 Å². The molecule has 12 heteroatoms. The zero-order valence-electron chi connectivity index (χ0n) is 23.3. The molecule has 5 heterocycles. The van der Waals surface area contributed by atoms with Crippen LogP contribution in [0.25, 0.3) is 0 Å². The van der Waals surface area contributed by atoms with Gasteiger partial charge in [-0.2, -0.15) is 11.3 Å². The van der Waals surface area contributed by atoms with Crippen LogP contribution in [-0.4, -0.2) is 84.5 Å². The van der Waals surface area contributed by atoms with E-state index in [9.17, 15) is 25.2 Å². The first-order valence-electron chi connectivity index (χ1n) is 14.1. The molecule has 218 valence electrons. The Morgan fingerprint density at radius 2 is 1.98 bits per heavy atom. The molecule has 0 radical (unpaired) electrons. The molecule has 0 unspecified atom stereocenters. The Morgan fingerprint density at radius 1 is 1.22 bits per heavy atom.